The second kappa shape index (κ2) is 4.87. The summed E-state index contributed by atoms with van der Waals surface area (Å²) in [6.07, 6.45) is 1.04. The third kappa shape index (κ3) is 3.40. The van der Waals surface area contributed by atoms with Crippen LogP contribution in [-0.2, 0) is 10.0 Å². The van der Waals surface area contributed by atoms with Gasteiger partial charge in [0.25, 0.3) is 0 Å². The molecule has 0 heterocycles. The van der Waals surface area contributed by atoms with Crippen molar-refractivity contribution >= 4 is 27.5 Å². The Balaban J connectivity index is 2.99. The van der Waals surface area contributed by atoms with Gasteiger partial charge in [-0.05, 0) is 30.4 Å². The summed E-state index contributed by atoms with van der Waals surface area (Å²) in [5.74, 6) is 0.957. The zero-order chi connectivity index (χ0) is 11.5. The molecule has 0 aliphatic carbocycles. The number of nitrogens with two attached hydrogens (primary N) is 2. The Bertz CT molecular complexity index is 443. The monoisotopic (exact) mass is 246 g/mol. The number of nitrogen functional groups attached to an aromatic ring is 1. The molecular weight excluding hydrogens is 232 g/mol. The van der Waals surface area contributed by atoms with Crippen molar-refractivity contribution in [2.24, 2.45) is 5.14 Å². The summed E-state index contributed by atoms with van der Waals surface area (Å²) < 4.78 is 22.1. The number of thioether (sulfide) groups is 1. The smallest absolute Gasteiger partial charge is 0.238 e. The Labute approximate surface area is 94.1 Å². The maximum absolute atomic E-state index is 11.0. The highest BCUT2D eigenvalue weighted by Crippen LogP contribution is 2.27. The van der Waals surface area contributed by atoms with Crippen molar-refractivity contribution in [1.82, 2.24) is 0 Å². The minimum absolute atomic E-state index is 0.0563. The lowest BCUT2D eigenvalue weighted by Gasteiger charge is -2.06. The van der Waals surface area contributed by atoms with Crippen molar-refractivity contribution in [3.8, 4) is 0 Å². The molecule has 0 aliphatic rings. The van der Waals surface area contributed by atoms with Gasteiger partial charge in [0.15, 0.2) is 0 Å². The Morgan fingerprint density at radius 3 is 2.53 bits per heavy atom. The van der Waals surface area contributed by atoms with E-state index in [1.54, 1.807) is 17.8 Å². The Morgan fingerprint density at radius 1 is 1.40 bits per heavy atom. The van der Waals surface area contributed by atoms with E-state index in [2.05, 4.69) is 6.92 Å². The van der Waals surface area contributed by atoms with E-state index in [1.165, 1.54) is 12.1 Å². The van der Waals surface area contributed by atoms with E-state index in [0.29, 0.717) is 5.69 Å². The predicted octanol–water partition coefficient (Wildman–Crippen LogP) is 1.42. The van der Waals surface area contributed by atoms with E-state index < -0.39 is 10.0 Å². The molecule has 1 rings (SSSR count). The Hall–Kier alpha value is -0.720. The minimum atomic E-state index is -3.65. The molecular formula is C9H14N2O2S2. The summed E-state index contributed by atoms with van der Waals surface area (Å²) in [5.41, 5.74) is 6.18. The quantitative estimate of drug-likeness (QED) is 0.621. The van der Waals surface area contributed by atoms with Gasteiger partial charge in [-0.2, -0.15) is 0 Å². The number of hydrogen-bond donors (Lipinski definition) is 2. The zero-order valence-electron chi connectivity index (χ0n) is 8.43. The molecule has 15 heavy (non-hydrogen) atoms. The molecule has 4 N–H and O–H groups in total. The van der Waals surface area contributed by atoms with Crippen molar-refractivity contribution in [2.75, 3.05) is 11.5 Å². The van der Waals surface area contributed by atoms with Crippen molar-refractivity contribution in [3.63, 3.8) is 0 Å². The van der Waals surface area contributed by atoms with Crippen molar-refractivity contribution in [3.05, 3.63) is 18.2 Å². The summed E-state index contributed by atoms with van der Waals surface area (Å²) in [5, 5.41) is 4.99. The molecule has 0 unspecified atom stereocenters. The highest BCUT2D eigenvalue weighted by atomic mass is 32.2. The molecule has 84 valence electrons. The van der Waals surface area contributed by atoms with Gasteiger partial charge in [0.2, 0.25) is 10.0 Å². The average molecular weight is 246 g/mol. The first-order valence-corrected chi connectivity index (χ1v) is 7.03. The first-order chi connectivity index (χ1) is 6.95. The first kappa shape index (κ1) is 12.4. The van der Waals surface area contributed by atoms with Crippen LogP contribution < -0.4 is 10.9 Å². The second-order valence-corrected chi connectivity index (χ2v) is 5.79. The van der Waals surface area contributed by atoms with Gasteiger partial charge in [0, 0.05) is 10.6 Å². The van der Waals surface area contributed by atoms with E-state index in [-0.39, 0.29) is 4.90 Å². The Morgan fingerprint density at radius 2 is 2.07 bits per heavy atom. The number of hydrogen-bond acceptors (Lipinski definition) is 4. The SMILES string of the molecule is CCCSc1ccc(S(N)(=O)=O)cc1N. The predicted molar refractivity (Wildman–Crippen MR) is 63.2 cm³/mol. The van der Waals surface area contributed by atoms with Gasteiger partial charge < -0.3 is 5.73 Å². The topological polar surface area (TPSA) is 86.2 Å². The van der Waals surface area contributed by atoms with E-state index in [1.807, 2.05) is 0 Å². The molecule has 1 aromatic rings. The molecule has 0 fully saturated rings. The van der Waals surface area contributed by atoms with Crippen molar-refractivity contribution in [1.29, 1.82) is 0 Å². The summed E-state index contributed by atoms with van der Waals surface area (Å²) in [4.78, 5) is 0.949. The molecule has 0 aromatic heterocycles. The van der Waals surface area contributed by atoms with Crippen LogP contribution in [0, 0.1) is 0 Å². The van der Waals surface area contributed by atoms with E-state index >= 15 is 0 Å². The van der Waals surface area contributed by atoms with Gasteiger partial charge in [-0.1, -0.05) is 6.92 Å². The fourth-order valence-corrected chi connectivity index (χ4v) is 2.41. The third-order valence-electron chi connectivity index (χ3n) is 1.77. The van der Waals surface area contributed by atoms with Gasteiger partial charge in [-0.25, -0.2) is 13.6 Å². The highest BCUT2D eigenvalue weighted by molar-refractivity contribution is 7.99. The van der Waals surface area contributed by atoms with Crippen LogP contribution in [0.15, 0.2) is 28.0 Å². The zero-order valence-corrected chi connectivity index (χ0v) is 10.1. The molecule has 0 saturated carbocycles. The molecule has 0 atom stereocenters. The van der Waals surface area contributed by atoms with E-state index in [9.17, 15) is 8.42 Å². The van der Waals surface area contributed by atoms with E-state index in [0.717, 1.165) is 17.1 Å². The van der Waals surface area contributed by atoms with Crippen LogP contribution in [0.25, 0.3) is 0 Å². The average Bonchev–Trinajstić information content (AvgIpc) is 2.14. The molecule has 1 aromatic carbocycles. The van der Waals surface area contributed by atoms with Gasteiger partial charge in [-0.3, -0.25) is 0 Å². The minimum Gasteiger partial charge on any atom is -0.398 e. The number of sulfonamides is 1. The number of primary sulfonamides is 1. The van der Waals surface area contributed by atoms with Crippen LogP contribution in [0.3, 0.4) is 0 Å². The maximum Gasteiger partial charge on any atom is 0.238 e. The summed E-state index contributed by atoms with van der Waals surface area (Å²) >= 11 is 1.61. The van der Waals surface area contributed by atoms with Crippen LogP contribution in [-0.4, -0.2) is 14.2 Å². The van der Waals surface area contributed by atoms with Gasteiger partial charge >= 0.3 is 0 Å². The molecule has 0 saturated heterocycles. The lowest BCUT2D eigenvalue weighted by Crippen LogP contribution is -2.12. The largest absolute Gasteiger partial charge is 0.398 e. The van der Waals surface area contributed by atoms with Crippen LogP contribution >= 0.6 is 11.8 Å². The van der Waals surface area contributed by atoms with Gasteiger partial charge in [-0.15, -0.1) is 11.8 Å². The normalized spacial score (nSPS) is 11.6. The second-order valence-electron chi connectivity index (χ2n) is 3.09. The molecule has 4 nitrogen and oxygen atoms in total. The highest BCUT2D eigenvalue weighted by Gasteiger charge is 2.09. The number of anilines is 1. The molecule has 0 bridgehead atoms. The van der Waals surface area contributed by atoms with Gasteiger partial charge in [0.1, 0.15) is 0 Å². The van der Waals surface area contributed by atoms with Crippen LogP contribution in [0.2, 0.25) is 0 Å². The molecule has 6 heteroatoms. The van der Waals surface area contributed by atoms with E-state index in [4.69, 9.17) is 10.9 Å². The van der Waals surface area contributed by atoms with Crippen LogP contribution in [0.5, 0.6) is 0 Å². The lowest BCUT2D eigenvalue weighted by molar-refractivity contribution is 0.598. The standard InChI is InChI=1S/C9H14N2O2S2/c1-2-5-14-9-4-3-7(6-8(9)10)15(11,12)13/h3-4,6H,2,5,10H2,1H3,(H2,11,12,13). The Kier molecular flexibility index (Phi) is 4.01. The van der Waals surface area contributed by atoms with Gasteiger partial charge in [0.05, 0.1) is 4.90 Å². The molecule has 0 radical (unpaired) electrons. The number of benzene rings is 1. The third-order valence-corrected chi connectivity index (χ3v) is 3.98. The summed E-state index contributed by atoms with van der Waals surface area (Å²) in [6, 6.07) is 4.56. The van der Waals surface area contributed by atoms with Crippen LogP contribution in [0.1, 0.15) is 13.3 Å². The van der Waals surface area contributed by atoms with Crippen molar-refractivity contribution < 1.29 is 8.42 Å². The van der Waals surface area contributed by atoms with Crippen LogP contribution in [0.4, 0.5) is 5.69 Å². The van der Waals surface area contributed by atoms with Crippen molar-refractivity contribution in [2.45, 2.75) is 23.1 Å². The summed E-state index contributed by atoms with van der Waals surface area (Å²) in [6.45, 7) is 2.07. The fraction of sp³-hybridized carbons (Fsp3) is 0.333. The summed E-state index contributed by atoms with van der Waals surface area (Å²) in [7, 11) is -3.65. The number of rotatable bonds is 4. The molecule has 0 aliphatic heterocycles. The first-order valence-electron chi connectivity index (χ1n) is 4.50. The molecule has 0 amide bonds. The lowest BCUT2D eigenvalue weighted by atomic mass is 10.3. The fourth-order valence-electron chi connectivity index (χ4n) is 1.05. The maximum atomic E-state index is 11.0. The molecule has 0 spiro atoms.